The summed E-state index contributed by atoms with van der Waals surface area (Å²) in [5, 5.41) is 6.16. The van der Waals surface area contributed by atoms with Crippen molar-refractivity contribution in [3.05, 3.63) is 82.4 Å². The van der Waals surface area contributed by atoms with Gasteiger partial charge >= 0.3 is 0 Å². The number of anilines is 1. The molecular weight excluding hydrogens is 418 g/mol. The summed E-state index contributed by atoms with van der Waals surface area (Å²) >= 11 is 11.3. The molecule has 0 saturated carbocycles. The molecule has 0 aliphatic heterocycles. The minimum atomic E-state index is -0.369. The lowest BCUT2D eigenvalue weighted by atomic mass is 10.1. The van der Waals surface area contributed by atoms with Crippen LogP contribution in [0.5, 0.6) is 0 Å². The SMILES string of the molecule is Cc1cc(C)c2oc(-c3ccc(NC(=S)NC(=O)c4ccccc4Cl)cc3)nc2c1. The van der Waals surface area contributed by atoms with Crippen molar-refractivity contribution in [2.24, 2.45) is 0 Å². The van der Waals surface area contributed by atoms with Crippen LogP contribution in [-0.4, -0.2) is 16.0 Å². The molecular formula is C23H18ClN3O2S. The molecule has 7 heteroatoms. The second kappa shape index (κ2) is 8.26. The second-order valence-electron chi connectivity index (χ2n) is 6.91. The van der Waals surface area contributed by atoms with Gasteiger partial charge in [0.2, 0.25) is 5.89 Å². The van der Waals surface area contributed by atoms with E-state index in [-0.39, 0.29) is 11.0 Å². The van der Waals surface area contributed by atoms with Gasteiger partial charge in [-0.2, -0.15) is 0 Å². The number of rotatable bonds is 3. The first-order valence-electron chi connectivity index (χ1n) is 9.26. The molecule has 0 radical (unpaired) electrons. The highest BCUT2D eigenvalue weighted by Gasteiger charge is 2.13. The number of aryl methyl sites for hydroxylation is 2. The van der Waals surface area contributed by atoms with Crippen LogP contribution >= 0.6 is 23.8 Å². The van der Waals surface area contributed by atoms with Crippen molar-refractivity contribution in [1.29, 1.82) is 0 Å². The maximum absolute atomic E-state index is 12.3. The van der Waals surface area contributed by atoms with Crippen LogP contribution in [0.1, 0.15) is 21.5 Å². The van der Waals surface area contributed by atoms with E-state index in [1.807, 2.05) is 44.2 Å². The van der Waals surface area contributed by atoms with Crippen molar-refractivity contribution < 1.29 is 9.21 Å². The summed E-state index contributed by atoms with van der Waals surface area (Å²) in [4.78, 5) is 16.9. The zero-order valence-corrected chi connectivity index (χ0v) is 17.9. The predicted octanol–water partition coefficient (Wildman–Crippen LogP) is 5.89. The Kier molecular flexibility index (Phi) is 5.53. The summed E-state index contributed by atoms with van der Waals surface area (Å²) in [6, 6.07) is 18.3. The van der Waals surface area contributed by atoms with E-state index in [0.717, 1.165) is 33.5 Å². The molecule has 0 bridgehead atoms. The Morgan fingerprint density at radius 1 is 1.07 bits per heavy atom. The third-order valence-electron chi connectivity index (χ3n) is 4.56. The number of benzene rings is 3. The van der Waals surface area contributed by atoms with Crippen LogP contribution in [-0.2, 0) is 0 Å². The number of oxazole rings is 1. The Morgan fingerprint density at radius 3 is 2.53 bits per heavy atom. The highest BCUT2D eigenvalue weighted by Crippen LogP contribution is 2.28. The molecule has 0 spiro atoms. The van der Waals surface area contributed by atoms with Gasteiger partial charge in [-0.15, -0.1) is 0 Å². The largest absolute Gasteiger partial charge is 0.436 e. The number of hydrogen-bond acceptors (Lipinski definition) is 4. The Hall–Kier alpha value is -3.22. The molecule has 0 aliphatic carbocycles. The minimum absolute atomic E-state index is 0.181. The Bertz CT molecular complexity index is 1270. The highest BCUT2D eigenvalue weighted by molar-refractivity contribution is 7.80. The van der Waals surface area contributed by atoms with Crippen LogP contribution in [0.2, 0.25) is 5.02 Å². The first-order chi connectivity index (χ1) is 14.4. The van der Waals surface area contributed by atoms with E-state index >= 15 is 0 Å². The molecule has 30 heavy (non-hydrogen) atoms. The van der Waals surface area contributed by atoms with Crippen LogP contribution in [0.3, 0.4) is 0 Å². The van der Waals surface area contributed by atoms with Crippen LogP contribution in [0.15, 0.2) is 65.1 Å². The number of thiocarbonyl (C=S) groups is 1. The lowest BCUT2D eigenvalue weighted by Gasteiger charge is -2.10. The number of fused-ring (bicyclic) bond motifs is 1. The molecule has 4 aromatic rings. The van der Waals surface area contributed by atoms with Crippen molar-refractivity contribution in [3.8, 4) is 11.5 Å². The highest BCUT2D eigenvalue weighted by atomic mass is 35.5. The number of nitrogens with zero attached hydrogens (tertiary/aromatic N) is 1. The summed E-state index contributed by atoms with van der Waals surface area (Å²) < 4.78 is 5.95. The smallest absolute Gasteiger partial charge is 0.258 e. The van der Waals surface area contributed by atoms with Crippen LogP contribution in [0, 0.1) is 13.8 Å². The number of amides is 1. The van der Waals surface area contributed by atoms with Gasteiger partial charge in [-0.25, -0.2) is 4.98 Å². The zero-order valence-electron chi connectivity index (χ0n) is 16.3. The lowest BCUT2D eigenvalue weighted by Crippen LogP contribution is -2.34. The van der Waals surface area contributed by atoms with Gasteiger partial charge in [0, 0.05) is 11.3 Å². The predicted molar refractivity (Wildman–Crippen MR) is 124 cm³/mol. The summed E-state index contributed by atoms with van der Waals surface area (Å²) in [6.07, 6.45) is 0. The van der Waals surface area contributed by atoms with E-state index in [2.05, 4.69) is 21.7 Å². The normalized spacial score (nSPS) is 10.8. The number of carbonyl (C=O) groups is 1. The summed E-state index contributed by atoms with van der Waals surface area (Å²) in [5.74, 6) is 0.187. The molecule has 150 valence electrons. The minimum Gasteiger partial charge on any atom is -0.436 e. The third kappa shape index (κ3) is 4.20. The molecule has 0 fully saturated rings. The topological polar surface area (TPSA) is 67.2 Å². The average molecular weight is 436 g/mol. The van der Waals surface area contributed by atoms with Gasteiger partial charge in [0.05, 0.1) is 10.6 Å². The second-order valence-corrected chi connectivity index (χ2v) is 7.73. The van der Waals surface area contributed by atoms with E-state index in [1.165, 1.54) is 0 Å². The number of carbonyl (C=O) groups excluding carboxylic acids is 1. The molecule has 2 N–H and O–H groups in total. The molecule has 4 rings (SSSR count). The van der Waals surface area contributed by atoms with E-state index in [4.69, 9.17) is 28.2 Å². The van der Waals surface area contributed by atoms with Crippen molar-refractivity contribution >= 4 is 51.6 Å². The Labute approximate surface area is 184 Å². The first kappa shape index (κ1) is 20.1. The first-order valence-corrected chi connectivity index (χ1v) is 10.0. The Morgan fingerprint density at radius 2 is 1.80 bits per heavy atom. The molecule has 1 aromatic heterocycles. The maximum atomic E-state index is 12.3. The van der Waals surface area contributed by atoms with Gasteiger partial charge in [0.1, 0.15) is 5.52 Å². The van der Waals surface area contributed by atoms with E-state index in [1.54, 1.807) is 24.3 Å². The molecule has 0 saturated heterocycles. The van der Waals surface area contributed by atoms with Gasteiger partial charge in [0.25, 0.3) is 5.91 Å². The molecule has 0 atom stereocenters. The van der Waals surface area contributed by atoms with Gasteiger partial charge in [0.15, 0.2) is 10.7 Å². The van der Waals surface area contributed by atoms with Crippen LogP contribution in [0.4, 0.5) is 5.69 Å². The number of hydrogen-bond donors (Lipinski definition) is 2. The third-order valence-corrected chi connectivity index (χ3v) is 5.09. The number of halogens is 1. The van der Waals surface area contributed by atoms with Gasteiger partial charge in [-0.1, -0.05) is 29.8 Å². The van der Waals surface area contributed by atoms with E-state index < -0.39 is 0 Å². The molecule has 1 heterocycles. The maximum Gasteiger partial charge on any atom is 0.258 e. The van der Waals surface area contributed by atoms with E-state index in [9.17, 15) is 4.79 Å². The summed E-state index contributed by atoms with van der Waals surface area (Å²) in [6.45, 7) is 4.05. The molecule has 1 amide bonds. The lowest BCUT2D eigenvalue weighted by molar-refractivity contribution is 0.0978. The Balaban J connectivity index is 1.46. The summed E-state index contributed by atoms with van der Waals surface area (Å²) in [7, 11) is 0. The van der Waals surface area contributed by atoms with Crippen molar-refractivity contribution in [2.75, 3.05) is 5.32 Å². The number of aromatic nitrogens is 1. The van der Waals surface area contributed by atoms with Crippen LogP contribution < -0.4 is 10.6 Å². The molecule has 5 nitrogen and oxygen atoms in total. The van der Waals surface area contributed by atoms with Crippen LogP contribution in [0.25, 0.3) is 22.6 Å². The van der Waals surface area contributed by atoms with Gasteiger partial charge in [-0.3, -0.25) is 10.1 Å². The fourth-order valence-electron chi connectivity index (χ4n) is 3.17. The monoisotopic (exact) mass is 435 g/mol. The van der Waals surface area contributed by atoms with Crippen molar-refractivity contribution in [2.45, 2.75) is 13.8 Å². The fraction of sp³-hybridized carbons (Fsp3) is 0.0870. The van der Waals surface area contributed by atoms with Crippen molar-refractivity contribution in [1.82, 2.24) is 10.3 Å². The quantitative estimate of drug-likeness (QED) is 0.392. The van der Waals surface area contributed by atoms with Gasteiger partial charge < -0.3 is 9.73 Å². The van der Waals surface area contributed by atoms with Gasteiger partial charge in [-0.05, 0) is 79.7 Å². The van der Waals surface area contributed by atoms with Crippen molar-refractivity contribution in [3.63, 3.8) is 0 Å². The summed E-state index contributed by atoms with van der Waals surface area (Å²) in [5.41, 5.74) is 5.77. The zero-order chi connectivity index (χ0) is 21.3. The molecule has 0 unspecified atom stereocenters. The standard InChI is InChI=1S/C23H18ClN3O2S/c1-13-11-14(2)20-19(12-13)26-22(29-20)15-7-9-16(10-8-15)25-23(30)27-21(28)17-5-3-4-6-18(17)24/h3-12H,1-2H3,(H2,25,27,28,30). The molecule has 0 aliphatic rings. The van der Waals surface area contributed by atoms with E-state index in [0.29, 0.717) is 16.5 Å². The average Bonchev–Trinajstić information content (AvgIpc) is 3.13. The fourth-order valence-corrected chi connectivity index (χ4v) is 3.61. The number of nitrogens with one attached hydrogen (secondary N) is 2. The molecule has 3 aromatic carbocycles.